The van der Waals surface area contributed by atoms with Crippen LogP contribution in [0.5, 0.6) is 5.75 Å². The first-order chi connectivity index (χ1) is 17.0. The molecule has 2 amide bonds. The van der Waals surface area contributed by atoms with E-state index in [1.165, 1.54) is 37.0 Å². The van der Waals surface area contributed by atoms with E-state index in [-0.39, 0.29) is 24.8 Å². The lowest BCUT2D eigenvalue weighted by atomic mass is 10.1. The maximum Gasteiger partial charge on any atom is 0.308 e. The van der Waals surface area contributed by atoms with E-state index in [4.69, 9.17) is 14.2 Å². The van der Waals surface area contributed by atoms with Crippen LogP contribution in [0.25, 0.3) is 0 Å². The summed E-state index contributed by atoms with van der Waals surface area (Å²) in [6.45, 7) is 3.82. The highest BCUT2D eigenvalue weighted by molar-refractivity contribution is 9.10. The molecular formula is C26H39BrN2O6. The molecule has 1 saturated heterocycles. The van der Waals surface area contributed by atoms with Crippen molar-refractivity contribution in [3.63, 3.8) is 0 Å². The van der Waals surface area contributed by atoms with E-state index < -0.39 is 12.0 Å². The summed E-state index contributed by atoms with van der Waals surface area (Å²) in [7, 11) is 1.57. The largest absolute Gasteiger partial charge is 0.490 e. The average Bonchev–Trinajstić information content (AvgIpc) is 2.85. The highest BCUT2D eigenvalue weighted by Crippen LogP contribution is 2.26. The molecule has 1 fully saturated rings. The quantitative estimate of drug-likeness (QED) is 0.239. The molecule has 0 aromatic heterocycles. The van der Waals surface area contributed by atoms with E-state index in [2.05, 4.69) is 28.2 Å². The van der Waals surface area contributed by atoms with Crippen molar-refractivity contribution in [2.45, 2.75) is 70.8 Å². The molecule has 35 heavy (non-hydrogen) atoms. The van der Waals surface area contributed by atoms with Crippen molar-refractivity contribution < 1.29 is 28.6 Å². The number of carbonyl (C=O) groups is 3. The second kappa shape index (κ2) is 16.5. The van der Waals surface area contributed by atoms with Gasteiger partial charge in [-0.05, 0) is 24.6 Å². The summed E-state index contributed by atoms with van der Waals surface area (Å²) in [5, 5.41) is 2.75. The van der Waals surface area contributed by atoms with Crippen molar-refractivity contribution in [3.05, 3.63) is 28.2 Å². The van der Waals surface area contributed by atoms with Crippen LogP contribution in [0.3, 0.4) is 0 Å². The molecule has 1 aromatic rings. The van der Waals surface area contributed by atoms with Crippen molar-refractivity contribution >= 4 is 33.7 Å². The molecule has 0 saturated carbocycles. The van der Waals surface area contributed by atoms with Gasteiger partial charge in [0.2, 0.25) is 5.91 Å². The molecule has 0 bridgehead atoms. The Kier molecular flexibility index (Phi) is 13.7. The van der Waals surface area contributed by atoms with Gasteiger partial charge in [0.15, 0.2) is 0 Å². The minimum atomic E-state index is -0.923. The minimum Gasteiger partial charge on any atom is -0.490 e. The van der Waals surface area contributed by atoms with Gasteiger partial charge in [0.1, 0.15) is 18.4 Å². The van der Waals surface area contributed by atoms with Crippen LogP contribution in [-0.2, 0) is 19.1 Å². The minimum absolute atomic E-state index is 0.178. The Labute approximate surface area is 217 Å². The Morgan fingerprint density at radius 2 is 1.77 bits per heavy atom. The maximum atomic E-state index is 13.4. The van der Waals surface area contributed by atoms with Gasteiger partial charge in [-0.15, -0.1) is 0 Å². The van der Waals surface area contributed by atoms with Crippen molar-refractivity contribution in [1.29, 1.82) is 0 Å². The third-order valence-corrected chi connectivity index (χ3v) is 6.42. The summed E-state index contributed by atoms with van der Waals surface area (Å²) >= 11 is 3.40. The maximum absolute atomic E-state index is 13.4. The summed E-state index contributed by atoms with van der Waals surface area (Å²) in [4.78, 5) is 39.9. The summed E-state index contributed by atoms with van der Waals surface area (Å²) in [6.07, 6.45) is 9.05. The number of esters is 1. The SMILES string of the molecule is CCCCCCCCCCOC(=O)CC1C(=O)NCCN1C(=O)c1cc(Br)ccc1OCCOC. The topological polar surface area (TPSA) is 94.2 Å². The van der Waals surface area contributed by atoms with E-state index in [1.54, 1.807) is 25.3 Å². The van der Waals surface area contributed by atoms with Gasteiger partial charge in [0.05, 0.1) is 25.2 Å². The first kappa shape index (κ1) is 29.1. The van der Waals surface area contributed by atoms with Crippen LogP contribution in [-0.4, -0.2) is 68.7 Å². The first-order valence-corrected chi connectivity index (χ1v) is 13.4. The predicted molar refractivity (Wildman–Crippen MR) is 138 cm³/mol. The zero-order chi connectivity index (χ0) is 25.5. The molecule has 1 N–H and O–H groups in total. The number of nitrogens with zero attached hydrogens (tertiary/aromatic N) is 1. The van der Waals surface area contributed by atoms with E-state index in [1.807, 2.05) is 0 Å². The molecule has 2 rings (SSSR count). The molecule has 1 atom stereocenters. The third kappa shape index (κ3) is 10.2. The highest BCUT2D eigenvalue weighted by Gasteiger charge is 2.36. The second-order valence-electron chi connectivity index (χ2n) is 8.69. The second-order valence-corrected chi connectivity index (χ2v) is 9.60. The van der Waals surface area contributed by atoms with Gasteiger partial charge in [0, 0.05) is 24.7 Å². The van der Waals surface area contributed by atoms with Crippen LogP contribution in [0.2, 0.25) is 0 Å². The summed E-state index contributed by atoms with van der Waals surface area (Å²) in [5.74, 6) is -0.796. The number of rotatable bonds is 16. The molecule has 1 aliphatic rings. The van der Waals surface area contributed by atoms with Gasteiger partial charge in [-0.1, -0.05) is 67.8 Å². The lowest BCUT2D eigenvalue weighted by Crippen LogP contribution is -2.57. The van der Waals surface area contributed by atoms with Crippen molar-refractivity contribution in [2.24, 2.45) is 0 Å². The van der Waals surface area contributed by atoms with E-state index in [0.29, 0.717) is 42.1 Å². The fraction of sp³-hybridized carbons (Fsp3) is 0.654. The van der Waals surface area contributed by atoms with Crippen molar-refractivity contribution in [1.82, 2.24) is 10.2 Å². The van der Waals surface area contributed by atoms with E-state index >= 15 is 0 Å². The van der Waals surface area contributed by atoms with Crippen LogP contribution in [0.4, 0.5) is 0 Å². The molecule has 1 aliphatic heterocycles. The predicted octanol–water partition coefficient (Wildman–Crippen LogP) is 4.49. The fourth-order valence-corrected chi connectivity index (χ4v) is 4.35. The number of benzene rings is 1. The molecule has 9 heteroatoms. The lowest BCUT2D eigenvalue weighted by molar-refractivity contribution is -0.147. The first-order valence-electron chi connectivity index (χ1n) is 12.6. The Bertz CT molecular complexity index is 819. The van der Waals surface area contributed by atoms with E-state index in [9.17, 15) is 14.4 Å². The number of carbonyl (C=O) groups excluding carboxylic acids is 3. The van der Waals surface area contributed by atoms with E-state index in [0.717, 1.165) is 19.3 Å². The number of hydrogen-bond donors (Lipinski definition) is 1. The molecule has 0 spiro atoms. The van der Waals surface area contributed by atoms with Crippen molar-refractivity contribution in [2.75, 3.05) is 40.0 Å². The monoisotopic (exact) mass is 554 g/mol. The fourth-order valence-electron chi connectivity index (χ4n) is 3.98. The van der Waals surface area contributed by atoms with Crippen LogP contribution < -0.4 is 10.1 Å². The van der Waals surface area contributed by atoms with Gasteiger partial charge in [-0.25, -0.2) is 0 Å². The zero-order valence-corrected chi connectivity index (χ0v) is 22.6. The number of amides is 2. The molecule has 1 heterocycles. The van der Waals surface area contributed by atoms with Crippen LogP contribution in [0, 0.1) is 0 Å². The standard InChI is InChI=1S/C26H39BrN2O6/c1-3-4-5-6-7-8-9-10-15-35-24(30)19-22-25(31)28-13-14-29(22)26(32)21-18-20(27)11-12-23(21)34-17-16-33-2/h11-12,18,22H,3-10,13-17,19H2,1-2H3,(H,28,31). The number of nitrogens with one attached hydrogen (secondary N) is 1. The number of ether oxygens (including phenoxy) is 3. The number of unbranched alkanes of at least 4 members (excludes halogenated alkanes) is 7. The molecule has 196 valence electrons. The number of hydrogen-bond acceptors (Lipinski definition) is 6. The molecule has 0 radical (unpaired) electrons. The lowest BCUT2D eigenvalue weighted by Gasteiger charge is -2.35. The van der Waals surface area contributed by atoms with Crippen LogP contribution in [0.1, 0.15) is 75.1 Å². The molecule has 8 nitrogen and oxygen atoms in total. The smallest absolute Gasteiger partial charge is 0.308 e. The average molecular weight is 556 g/mol. The summed E-state index contributed by atoms with van der Waals surface area (Å²) in [6, 6.07) is 4.22. The van der Waals surface area contributed by atoms with Gasteiger partial charge in [0.25, 0.3) is 5.91 Å². The van der Waals surface area contributed by atoms with Crippen LogP contribution >= 0.6 is 15.9 Å². The van der Waals surface area contributed by atoms with Gasteiger partial charge >= 0.3 is 5.97 Å². The molecule has 1 aromatic carbocycles. The van der Waals surface area contributed by atoms with Gasteiger partial charge < -0.3 is 24.4 Å². The zero-order valence-electron chi connectivity index (χ0n) is 21.0. The number of methoxy groups -OCH3 is 1. The normalized spacial score (nSPS) is 15.6. The Hall–Kier alpha value is -2.13. The Balaban J connectivity index is 1.91. The third-order valence-electron chi connectivity index (χ3n) is 5.93. The molecule has 0 aliphatic carbocycles. The molecular weight excluding hydrogens is 516 g/mol. The summed E-state index contributed by atoms with van der Waals surface area (Å²) in [5.41, 5.74) is 0.322. The van der Waals surface area contributed by atoms with Gasteiger partial charge in [-0.2, -0.15) is 0 Å². The van der Waals surface area contributed by atoms with Crippen LogP contribution in [0.15, 0.2) is 22.7 Å². The van der Waals surface area contributed by atoms with Gasteiger partial charge in [-0.3, -0.25) is 14.4 Å². The Morgan fingerprint density at radius 1 is 1.06 bits per heavy atom. The van der Waals surface area contributed by atoms with Crippen molar-refractivity contribution in [3.8, 4) is 5.75 Å². The molecule has 1 unspecified atom stereocenters. The summed E-state index contributed by atoms with van der Waals surface area (Å²) < 4.78 is 16.8. The number of halogens is 1. The number of piperazine rings is 1. The Morgan fingerprint density at radius 3 is 2.49 bits per heavy atom. The highest BCUT2D eigenvalue weighted by atomic mass is 79.9.